The molecular formula is C16H24ClN. The van der Waals surface area contributed by atoms with E-state index in [0.29, 0.717) is 12.1 Å². The number of halogens is 1. The fraction of sp³-hybridized carbons (Fsp3) is 0.625. The van der Waals surface area contributed by atoms with Crippen LogP contribution in [0.4, 0.5) is 0 Å². The molecular weight excluding hydrogens is 242 g/mol. The van der Waals surface area contributed by atoms with Crippen molar-refractivity contribution in [1.82, 2.24) is 5.32 Å². The van der Waals surface area contributed by atoms with E-state index in [0.717, 1.165) is 17.4 Å². The van der Waals surface area contributed by atoms with Crippen molar-refractivity contribution in [3.63, 3.8) is 0 Å². The molecule has 1 N–H and O–H groups in total. The first kappa shape index (κ1) is 13.9. The van der Waals surface area contributed by atoms with Gasteiger partial charge >= 0.3 is 0 Å². The Bertz CT molecular complexity index is 369. The number of benzene rings is 1. The zero-order valence-corrected chi connectivity index (χ0v) is 12.2. The van der Waals surface area contributed by atoms with Crippen LogP contribution in [-0.4, -0.2) is 12.1 Å². The topological polar surface area (TPSA) is 12.0 Å². The van der Waals surface area contributed by atoms with E-state index in [9.17, 15) is 0 Å². The lowest BCUT2D eigenvalue weighted by atomic mass is 9.87. The van der Waals surface area contributed by atoms with Gasteiger partial charge in [0.2, 0.25) is 0 Å². The minimum absolute atomic E-state index is 0.503. The maximum absolute atomic E-state index is 6.20. The summed E-state index contributed by atoms with van der Waals surface area (Å²) in [5, 5.41) is 4.65. The summed E-state index contributed by atoms with van der Waals surface area (Å²) in [7, 11) is 0. The summed E-state index contributed by atoms with van der Waals surface area (Å²) >= 11 is 6.20. The highest BCUT2D eigenvalue weighted by atomic mass is 35.5. The van der Waals surface area contributed by atoms with E-state index in [1.54, 1.807) is 0 Å². The van der Waals surface area contributed by atoms with E-state index in [1.165, 1.54) is 31.2 Å². The van der Waals surface area contributed by atoms with Crippen molar-refractivity contribution < 1.29 is 0 Å². The average Bonchev–Trinajstić information content (AvgIpc) is 2.35. The molecule has 2 heteroatoms. The fourth-order valence-electron chi connectivity index (χ4n) is 2.88. The van der Waals surface area contributed by atoms with Crippen LogP contribution in [0.1, 0.15) is 45.1 Å². The van der Waals surface area contributed by atoms with Gasteiger partial charge in [-0.3, -0.25) is 0 Å². The van der Waals surface area contributed by atoms with Crippen LogP contribution in [0.25, 0.3) is 0 Å². The van der Waals surface area contributed by atoms with Crippen molar-refractivity contribution in [1.29, 1.82) is 0 Å². The Morgan fingerprint density at radius 1 is 1.22 bits per heavy atom. The molecule has 1 aromatic carbocycles. The van der Waals surface area contributed by atoms with Gasteiger partial charge < -0.3 is 5.32 Å². The molecule has 0 bridgehead atoms. The van der Waals surface area contributed by atoms with Crippen molar-refractivity contribution in [3.05, 3.63) is 34.9 Å². The number of rotatable bonds is 4. The third-order valence-corrected chi connectivity index (χ3v) is 4.39. The molecule has 18 heavy (non-hydrogen) atoms. The van der Waals surface area contributed by atoms with Gasteiger partial charge in [-0.05, 0) is 56.6 Å². The summed E-state index contributed by atoms with van der Waals surface area (Å²) in [6.45, 7) is 4.63. The summed E-state index contributed by atoms with van der Waals surface area (Å²) in [5.74, 6) is 0.918. The van der Waals surface area contributed by atoms with Crippen molar-refractivity contribution in [2.45, 2.75) is 58.0 Å². The first-order valence-electron chi connectivity index (χ1n) is 7.14. The average molecular weight is 266 g/mol. The number of hydrogen-bond acceptors (Lipinski definition) is 1. The van der Waals surface area contributed by atoms with Crippen LogP contribution in [0.5, 0.6) is 0 Å². The molecule has 0 aliphatic heterocycles. The second kappa shape index (κ2) is 6.58. The fourth-order valence-corrected chi connectivity index (χ4v) is 3.09. The molecule has 1 atom stereocenters. The molecule has 1 aliphatic rings. The van der Waals surface area contributed by atoms with Crippen LogP contribution < -0.4 is 5.32 Å². The Labute approximate surface area is 116 Å². The number of nitrogens with one attached hydrogen (secondary N) is 1. The molecule has 1 aliphatic carbocycles. The van der Waals surface area contributed by atoms with Gasteiger partial charge in [0.05, 0.1) is 0 Å². The molecule has 2 rings (SSSR count). The summed E-state index contributed by atoms with van der Waals surface area (Å²) in [5.41, 5.74) is 1.25. The lowest BCUT2D eigenvalue weighted by Gasteiger charge is -2.29. The van der Waals surface area contributed by atoms with E-state index < -0.39 is 0 Å². The molecule has 1 nitrogen and oxygen atoms in total. The summed E-state index contributed by atoms with van der Waals surface area (Å²) in [4.78, 5) is 0. The van der Waals surface area contributed by atoms with Crippen LogP contribution >= 0.6 is 11.6 Å². The molecule has 0 spiro atoms. The van der Waals surface area contributed by atoms with Gasteiger partial charge in [-0.2, -0.15) is 0 Å². The molecule has 100 valence electrons. The lowest BCUT2D eigenvalue weighted by molar-refractivity contribution is 0.290. The van der Waals surface area contributed by atoms with Crippen LogP contribution in [0, 0.1) is 5.92 Å². The predicted octanol–water partition coefficient (Wildman–Crippen LogP) is 4.44. The standard InChI is InChI=1S/C16H24ClN/c1-12-7-9-15(10-8-12)18-13(2)11-14-5-3-4-6-16(14)17/h3-6,12-13,15,18H,7-11H2,1-2H3. The number of hydrogen-bond donors (Lipinski definition) is 1. The first-order chi connectivity index (χ1) is 8.65. The van der Waals surface area contributed by atoms with Gasteiger partial charge in [-0.1, -0.05) is 36.7 Å². The summed E-state index contributed by atoms with van der Waals surface area (Å²) in [6.07, 6.45) is 6.42. The van der Waals surface area contributed by atoms with Crippen molar-refractivity contribution in [3.8, 4) is 0 Å². The highest BCUT2D eigenvalue weighted by Gasteiger charge is 2.19. The van der Waals surface area contributed by atoms with E-state index in [1.807, 2.05) is 12.1 Å². The van der Waals surface area contributed by atoms with E-state index in [4.69, 9.17) is 11.6 Å². The molecule has 0 radical (unpaired) electrons. The predicted molar refractivity (Wildman–Crippen MR) is 79.2 cm³/mol. The van der Waals surface area contributed by atoms with Crippen LogP contribution in [-0.2, 0) is 6.42 Å². The van der Waals surface area contributed by atoms with Crippen molar-refractivity contribution in [2.75, 3.05) is 0 Å². The summed E-state index contributed by atoms with van der Waals surface area (Å²) in [6, 6.07) is 9.37. The molecule has 0 aromatic heterocycles. The van der Waals surface area contributed by atoms with Gasteiger partial charge in [-0.15, -0.1) is 0 Å². The largest absolute Gasteiger partial charge is 0.311 e. The van der Waals surface area contributed by atoms with E-state index >= 15 is 0 Å². The molecule has 0 heterocycles. The normalized spacial score (nSPS) is 25.9. The quantitative estimate of drug-likeness (QED) is 0.849. The van der Waals surface area contributed by atoms with Gasteiger partial charge in [0.15, 0.2) is 0 Å². The SMILES string of the molecule is CC1CCC(NC(C)Cc2ccccc2Cl)CC1. The van der Waals surface area contributed by atoms with Gasteiger partial charge in [0, 0.05) is 17.1 Å². The Kier molecular flexibility index (Phi) is 5.08. The Balaban J connectivity index is 1.82. The highest BCUT2D eigenvalue weighted by Crippen LogP contribution is 2.24. The Morgan fingerprint density at radius 3 is 2.56 bits per heavy atom. The lowest BCUT2D eigenvalue weighted by Crippen LogP contribution is -2.39. The van der Waals surface area contributed by atoms with E-state index in [2.05, 4.69) is 31.3 Å². The molecule has 0 saturated heterocycles. The van der Waals surface area contributed by atoms with E-state index in [-0.39, 0.29) is 0 Å². The minimum atomic E-state index is 0.503. The second-order valence-corrected chi connectivity index (χ2v) is 6.23. The maximum atomic E-state index is 6.20. The van der Waals surface area contributed by atoms with Crippen LogP contribution in [0.3, 0.4) is 0 Å². The van der Waals surface area contributed by atoms with Crippen LogP contribution in [0.15, 0.2) is 24.3 Å². The second-order valence-electron chi connectivity index (χ2n) is 5.82. The van der Waals surface area contributed by atoms with Crippen molar-refractivity contribution in [2.24, 2.45) is 5.92 Å². The zero-order valence-electron chi connectivity index (χ0n) is 11.5. The molecule has 1 aromatic rings. The Hall–Kier alpha value is -0.530. The van der Waals surface area contributed by atoms with Gasteiger partial charge in [0.1, 0.15) is 0 Å². The summed E-state index contributed by atoms with van der Waals surface area (Å²) < 4.78 is 0. The maximum Gasteiger partial charge on any atom is 0.0438 e. The highest BCUT2D eigenvalue weighted by molar-refractivity contribution is 6.31. The third-order valence-electron chi connectivity index (χ3n) is 4.02. The minimum Gasteiger partial charge on any atom is -0.311 e. The van der Waals surface area contributed by atoms with Gasteiger partial charge in [0.25, 0.3) is 0 Å². The zero-order chi connectivity index (χ0) is 13.0. The van der Waals surface area contributed by atoms with Gasteiger partial charge in [-0.25, -0.2) is 0 Å². The van der Waals surface area contributed by atoms with Crippen LogP contribution in [0.2, 0.25) is 5.02 Å². The molecule has 1 fully saturated rings. The first-order valence-corrected chi connectivity index (χ1v) is 7.52. The Morgan fingerprint density at radius 2 is 1.89 bits per heavy atom. The smallest absolute Gasteiger partial charge is 0.0438 e. The molecule has 1 saturated carbocycles. The molecule has 1 unspecified atom stereocenters. The van der Waals surface area contributed by atoms with Crippen molar-refractivity contribution >= 4 is 11.6 Å². The third kappa shape index (κ3) is 4.00. The molecule has 0 amide bonds. The monoisotopic (exact) mass is 265 g/mol.